The molecular formula is C18H24N4O2. The highest BCUT2D eigenvalue weighted by atomic mass is 16.3. The zero-order valence-electron chi connectivity index (χ0n) is 14.3. The number of nitrogens with zero attached hydrogens (tertiary/aromatic N) is 4. The van der Waals surface area contributed by atoms with Gasteiger partial charge in [0.2, 0.25) is 0 Å². The first-order valence-corrected chi connectivity index (χ1v) is 8.83. The number of hydrogen-bond donors (Lipinski definition) is 0. The molecule has 1 saturated carbocycles. The van der Waals surface area contributed by atoms with Crippen molar-refractivity contribution in [3.63, 3.8) is 0 Å². The van der Waals surface area contributed by atoms with Gasteiger partial charge in [0.25, 0.3) is 5.56 Å². The summed E-state index contributed by atoms with van der Waals surface area (Å²) < 4.78 is 7.14. The van der Waals surface area contributed by atoms with Gasteiger partial charge in [0.15, 0.2) is 6.39 Å². The lowest BCUT2D eigenvalue weighted by molar-refractivity contribution is 0.0747. The fourth-order valence-corrected chi connectivity index (χ4v) is 3.44. The predicted octanol–water partition coefficient (Wildman–Crippen LogP) is 2.36. The first-order valence-electron chi connectivity index (χ1n) is 8.83. The van der Waals surface area contributed by atoms with Gasteiger partial charge in [-0.2, -0.15) is 5.10 Å². The van der Waals surface area contributed by atoms with E-state index in [0.29, 0.717) is 24.3 Å². The van der Waals surface area contributed by atoms with Gasteiger partial charge < -0.3 is 4.42 Å². The molecule has 0 amide bonds. The van der Waals surface area contributed by atoms with E-state index in [1.807, 2.05) is 6.07 Å². The SMILES string of the molecule is CC(C)c1ocnc1CN1CC(Cn2nc(C3CC3)ccc2=O)C1. The Morgan fingerprint density at radius 2 is 2.08 bits per heavy atom. The van der Waals surface area contributed by atoms with Gasteiger partial charge >= 0.3 is 0 Å². The van der Waals surface area contributed by atoms with Gasteiger partial charge in [-0.05, 0) is 18.9 Å². The molecule has 1 saturated heterocycles. The fourth-order valence-electron chi connectivity index (χ4n) is 3.44. The Balaban J connectivity index is 1.34. The second-order valence-electron chi connectivity index (χ2n) is 7.43. The van der Waals surface area contributed by atoms with E-state index in [2.05, 4.69) is 28.8 Å². The lowest BCUT2D eigenvalue weighted by Crippen LogP contribution is -2.49. The molecule has 2 aromatic rings. The summed E-state index contributed by atoms with van der Waals surface area (Å²) >= 11 is 0. The van der Waals surface area contributed by atoms with Crippen LogP contribution in [0, 0.1) is 5.92 Å². The lowest BCUT2D eigenvalue weighted by atomic mass is 9.99. The lowest BCUT2D eigenvalue weighted by Gasteiger charge is -2.39. The molecule has 0 spiro atoms. The Labute approximate surface area is 141 Å². The van der Waals surface area contributed by atoms with Crippen LogP contribution in [0.2, 0.25) is 0 Å². The van der Waals surface area contributed by atoms with Crippen LogP contribution in [0.5, 0.6) is 0 Å². The molecule has 0 atom stereocenters. The second kappa shape index (κ2) is 6.16. The normalized spacial score (nSPS) is 19.0. The molecule has 0 bridgehead atoms. The molecule has 2 aliphatic rings. The molecule has 3 heterocycles. The van der Waals surface area contributed by atoms with Crippen LogP contribution < -0.4 is 5.56 Å². The summed E-state index contributed by atoms with van der Waals surface area (Å²) in [5.41, 5.74) is 2.13. The minimum atomic E-state index is 0.0106. The van der Waals surface area contributed by atoms with E-state index in [0.717, 1.165) is 36.8 Å². The third-order valence-electron chi connectivity index (χ3n) is 4.92. The first kappa shape index (κ1) is 15.6. The Morgan fingerprint density at radius 1 is 1.29 bits per heavy atom. The van der Waals surface area contributed by atoms with Crippen LogP contribution in [0.15, 0.2) is 27.7 Å². The average molecular weight is 328 g/mol. The minimum absolute atomic E-state index is 0.0106. The van der Waals surface area contributed by atoms with Crippen molar-refractivity contribution >= 4 is 0 Å². The maximum Gasteiger partial charge on any atom is 0.266 e. The van der Waals surface area contributed by atoms with E-state index in [1.54, 1.807) is 10.7 Å². The largest absolute Gasteiger partial charge is 0.448 e. The Kier molecular flexibility index (Phi) is 4.00. The molecule has 0 aromatic carbocycles. The maximum atomic E-state index is 12.0. The van der Waals surface area contributed by atoms with Crippen molar-refractivity contribution in [2.45, 2.75) is 51.6 Å². The van der Waals surface area contributed by atoms with Crippen LogP contribution in [-0.2, 0) is 13.1 Å². The van der Waals surface area contributed by atoms with E-state index in [9.17, 15) is 4.79 Å². The summed E-state index contributed by atoms with van der Waals surface area (Å²) in [6, 6.07) is 3.56. The molecular weight excluding hydrogens is 304 g/mol. The molecule has 6 nitrogen and oxygen atoms in total. The fraction of sp³-hybridized carbons (Fsp3) is 0.611. The summed E-state index contributed by atoms with van der Waals surface area (Å²) in [5, 5.41) is 4.55. The van der Waals surface area contributed by atoms with Gasteiger partial charge in [-0.1, -0.05) is 13.8 Å². The van der Waals surface area contributed by atoms with Crippen molar-refractivity contribution in [3.05, 3.63) is 46.0 Å². The maximum absolute atomic E-state index is 12.0. The van der Waals surface area contributed by atoms with E-state index >= 15 is 0 Å². The standard InChI is InChI=1S/C18H24N4O2/c1-12(2)18-16(19-11-24-18)10-21-7-13(8-21)9-22-17(23)6-5-15(20-22)14-3-4-14/h5-6,11-14H,3-4,7-10H2,1-2H3. The monoisotopic (exact) mass is 328 g/mol. The molecule has 0 radical (unpaired) electrons. The Hall–Kier alpha value is -1.95. The van der Waals surface area contributed by atoms with Crippen molar-refractivity contribution < 1.29 is 4.42 Å². The number of aromatic nitrogens is 3. The van der Waals surface area contributed by atoms with E-state index in [4.69, 9.17) is 4.42 Å². The van der Waals surface area contributed by atoms with Crippen LogP contribution in [0.1, 0.15) is 55.7 Å². The molecule has 1 aliphatic heterocycles. The van der Waals surface area contributed by atoms with Crippen molar-refractivity contribution in [1.29, 1.82) is 0 Å². The van der Waals surface area contributed by atoms with Crippen LogP contribution in [0.4, 0.5) is 0 Å². The van der Waals surface area contributed by atoms with Crippen LogP contribution in [0.3, 0.4) is 0 Å². The molecule has 128 valence electrons. The van der Waals surface area contributed by atoms with Crippen molar-refractivity contribution in [1.82, 2.24) is 19.7 Å². The Bertz CT molecular complexity index is 769. The third kappa shape index (κ3) is 3.15. The topological polar surface area (TPSA) is 64.2 Å². The zero-order valence-corrected chi connectivity index (χ0v) is 14.3. The van der Waals surface area contributed by atoms with Crippen LogP contribution in [-0.4, -0.2) is 32.8 Å². The van der Waals surface area contributed by atoms with Crippen LogP contribution >= 0.6 is 0 Å². The third-order valence-corrected chi connectivity index (χ3v) is 4.92. The van der Waals surface area contributed by atoms with Gasteiger partial charge in [0.05, 0.1) is 17.9 Å². The summed E-state index contributed by atoms with van der Waals surface area (Å²) in [6.07, 6.45) is 3.95. The summed E-state index contributed by atoms with van der Waals surface area (Å²) in [7, 11) is 0. The molecule has 0 unspecified atom stereocenters. The Morgan fingerprint density at radius 3 is 2.79 bits per heavy atom. The minimum Gasteiger partial charge on any atom is -0.448 e. The molecule has 2 fully saturated rings. The van der Waals surface area contributed by atoms with Gasteiger partial charge in [0, 0.05) is 43.5 Å². The molecule has 2 aromatic heterocycles. The highest BCUT2D eigenvalue weighted by Crippen LogP contribution is 2.38. The van der Waals surface area contributed by atoms with E-state index in [-0.39, 0.29) is 5.56 Å². The number of oxazole rings is 1. The van der Waals surface area contributed by atoms with E-state index in [1.165, 1.54) is 19.2 Å². The predicted molar refractivity (Wildman–Crippen MR) is 89.8 cm³/mol. The molecule has 1 aliphatic carbocycles. The highest BCUT2D eigenvalue weighted by molar-refractivity contribution is 5.13. The molecule has 24 heavy (non-hydrogen) atoms. The van der Waals surface area contributed by atoms with Gasteiger partial charge in [-0.3, -0.25) is 9.69 Å². The summed E-state index contributed by atoms with van der Waals surface area (Å²) in [5.74, 6) is 2.40. The quantitative estimate of drug-likeness (QED) is 0.814. The van der Waals surface area contributed by atoms with Crippen molar-refractivity contribution in [3.8, 4) is 0 Å². The number of rotatable bonds is 6. The molecule has 4 rings (SSSR count). The second-order valence-corrected chi connectivity index (χ2v) is 7.43. The van der Waals surface area contributed by atoms with Gasteiger partial charge in [-0.25, -0.2) is 9.67 Å². The van der Waals surface area contributed by atoms with Crippen LogP contribution in [0.25, 0.3) is 0 Å². The first-order chi connectivity index (χ1) is 11.6. The summed E-state index contributed by atoms with van der Waals surface area (Å²) in [4.78, 5) is 18.7. The van der Waals surface area contributed by atoms with Gasteiger partial charge in [-0.15, -0.1) is 0 Å². The van der Waals surface area contributed by atoms with Crippen molar-refractivity contribution in [2.75, 3.05) is 13.1 Å². The molecule has 6 heteroatoms. The van der Waals surface area contributed by atoms with E-state index < -0.39 is 0 Å². The number of hydrogen-bond acceptors (Lipinski definition) is 5. The average Bonchev–Trinajstić information content (AvgIpc) is 3.25. The smallest absolute Gasteiger partial charge is 0.266 e. The molecule has 0 N–H and O–H groups in total. The number of likely N-dealkylation sites (tertiary alicyclic amines) is 1. The van der Waals surface area contributed by atoms with Gasteiger partial charge in [0.1, 0.15) is 5.76 Å². The highest BCUT2D eigenvalue weighted by Gasteiger charge is 2.30. The van der Waals surface area contributed by atoms with Crippen molar-refractivity contribution in [2.24, 2.45) is 5.92 Å². The zero-order chi connectivity index (χ0) is 16.7. The summed E-state index contributed by atoms with van der Waals surface area (Å²) in [6.45, 7) is 7.73.